The van der Waals surface area contributed by atoms with Gasteiger partial charge in [-0.25, -0.2) is 13.6 Å². The minimum absolute atomic E-state index is 0.0374. The molecule has 0 aromatic heterocycles. The van der Waals surface area contributed by atoms with Crippen molar-refractivity contribution >= 4 is 16.0 Å². The molecule has 0 fully saturated rings. The first-order chi connectivity index (χ1) is 17.6. The predicted molar refractivity (Wildman–Crippen MR) is 134 cm³/mol. The second kappa shape index (κ2) is 11.3. The van der Waals surface area contributed by atoms with Crippen LogP contribution < -0.4 is 14.6 Å². The molecular formula is C27H27F2NO6S. The number of ether oxygens (including phenoxy) is 2. The number of sulfonamides is 1. The topological polar surface area (TPSA) is 116 Å². The molecule has 7 nitrogen and oxygen atoms in total. The molecule has 3 aromatic carbocycles. The van der Waals surface area contributed by atoms with E-state index in [0.717, 1.165) is 30.4 Å². The Morgan fingerprint density at radius 2 is 1.76 bits per heavy atom. The van der Waals surface area contributed by atoms with Crippen LogP contribution in [0.3, 0.4) is 0 Å². The van der Waals surface area contributed by atoms with Crippen LogP contribution in [0.2, 0.25) is 0 Å². The fourth-order valence-electron chi connectivity index (χ4n) is 4.53. The highest BCUT2D eigenvalue weighted by Crippen LogP contribution is 2.49. The van der Waals surface area contributed by atoms with E-state index in [0.29, 0.717) is 34.4 Å². The van der Waals surface area contributed by atoms with Crippen molar-refractivity contribution in [2.24, 2.45) is 5.14 Å². The van der Waals surface area contributed by atoms with Gasteiger partial charge >= 0.3 is 12.6 Å². The fraction of sp³-hybridized carbons (Fsp3) is 0.296. The molecule has 10 heteroatoms. The lowest BCUT2D eigenvalue weighted by Crippen LogP contribution is -2.18. The molecule has 0 radical (unpaired) electrons. The highest BCUT2D eigenvalue weighted by molar-refractivity contribution is 7.88. The normalized spacial score (nSPS) is 14.5. The Kier molecular flexibility index (Phi) is 8.09. The van der Waals surface area contributed by atoms with Crippen molar-refractivity contribution in [3.63, 3.8) is 0 Å². The van der Waals surface area contributed by atoms with Crippen molar-refractivity contribution in [3.05, 3.63) is 82.9 Å². The van der Waals surface area contributed by atoms with E-state index in [2.05, 4.69) is 0 Å². The van der Waals surface area contributed by atoms with Crippen LogP contribution in [0.5, 0.6) is 11.5 Å². The number of halogens is 2. The number of carbonyl (C=O) groups is 1. The van der Waals surface area contributed by atoms with Crippen molar-refractivity contribution in [1.29, 1.82) is 0 Å². The Morgan fingerprint density at radius 3 is 2.43 bits per heavy atom. The molecule has 4 rings (SSSR count). The molecule has 0 saturated carbocycles. The Morgan fingerprint density at radius 1 is 1.03 bits per heavy atom. The van der Waals surface area contributed by atoms with Gasteiger partial charge in [-0.1, -0.05) is 55.0 Å². The molecule has 0 spiro atoms. The summed E-state index contributed by atoms with van der Waals surface area (Å²) in [5.41, 5.74) is 3.92. The summed E-state index contributed by atoms with van der Waals surface area (Å²) in [5.74, 6) is -0.837. The van der Waals surface area contributed by atoms with Gasteiger partial charge in [0.15, 0.2) is 0 Å². The fourth-order valence-corrected chi connectivity index (χ4v) is 5.17. The van der Waals surface area contributed by atoms with Crippen LogP contribution in [0.25, 0.3) is 11.1 Å². The van der Waals surface area contributed by atoms with Crippen LogP contribution in [-0.2, 0) is 27.0 Å². The number of hydrogen-bond donors (Lipinski definition) is 2. The number of alkyl halides is 2. The minimum Gasteiger partial charge on any atom is -0.481 e. The summed E-state index contributed by atoms with van der Waals surface area (Å²) in [6.45, 7) is -3.02. The van der Waals surface area contributed by atoms with E-state index in [1.807, 2.05) is 24.3 Å². The largest absolute Gasteiger partial charge is 0.481 e. The SMILES string of the molecule is NS(=O)(=O)Cc1ccc2c(c1)C(c1ccc(CCCCCC(=O)O)cc1)Oc1cccc(OC(F)F)c1-2. The van der Waals surface area contributed by atoms with E-state index in [4.69, 9.17) is 19.7 Å². The van der Waals surface area contributed by atoms with Gasteiger partial charge in [0.05, 0.1) is 11.3 Å². The molecule has 3 N–H and O–H groups in total. The zero-order valence-corrected chi connectivity index (χ0v) is 20.7. The summed E-state index contributed by atoms with van der Waals surface area (Å²) in [4.78, 5) is 10.7. The van der Waals surface area contributed by atoms with Gasteiger partial charge in [0.1, 0.15) is 17.6 Å². The van der Waals surface area contributed by atoms with E-state index < -0.39 is 28.7 Å². The van der Waals surface area contributed by atoms with Crippen molar-refractivity contribution in [2.45, 2.75) is 50.6 Å². The third-order valence-corrected chi connectivity index (χ3v) is 6.86. The van der Waals surface area contributed by atoms with Crippen LogP contribution in [-0.4, -0.2) is 26.1 Å². The monoisotopic (exact) mass is 531 g/mol. The van der Waals surface area contributed by atoms with Crippen LogP contribution >= 0.6 is 0 Å². The second-order valence-corrected chi connectivity index (χ2v) is 10.5. The van der Waals surface area contributed by atoms with Gasteiger partial charge < -0.3 is 14.6 Å². The van der Waals surface area contributed by atoms with Gasteiger partial charge in [-0.3, -0.25) is 4.79 Å². The molecule has 0 amide bonds. The zero-order chi connectivity index (χ0) is 26.6. The lowest BCUT2D eigenvalue weighted by Gasteiger charge is -2.31. The molecule has 1 aliphatic heterocycles. The van der Waals surface area contributed by atoms with E-state index in [9.17, 15) is 22.0 Å². The van der Waals surface area contributed by atoms with Gasteiger partial charge in [-0.15, -0.1) is 0 Å². The maximum absolute atomic E-state index is 13.1. The summed E-state index contributed by atoms with van der Waals surface area (Å²) < 4.78 is 60.6. The summed E-state index contributed by atoms with van der Waals surface area (Å²) >= 11 is 0. The van der Waals surface area contributed by atoms with Gasteiger partial charge in [-0.2, -0.15) is 8.78 Å². The Bertz CT molecular complexity index is 1380. The smallest absolute Gasteiger partial charge is 0.387 e. The standard InChI is InChI=1S/C27H27F2NO6S/c28-27(29)36-23-7-4-6-22-25(23)20-14-11-18(16-37(30,33)34)15-21(20)26(35-22)19-12-9-17(10-13-19)5-2-1-3-8-24(31)32/h4,6-7,9-15,26-27H,1-3,5,8,16H2,(H,31,32)(H2,30,33,34). The summed E-state index contributed by atoms with van der Waals surface area (Å²) in [6, 6.07) is 17.4. The number of benzene rings is 3. The number of nitrogens with two attached hydrogens (primary N) is 1. The summed E-state index contributed by atoms with van der Waals surface area (Å²) in [6.07, 6.45) is 2.67. The zero-order valence-electron chi connectivity index (χ0n) is 19.9. The Balaban J connectivity index is 1.65. The third kappa shape index (κ3) is 6.84. The molecule has 1 heterocycles. The number of unbranched alkanes of at least 4 members (excludes halogenated alkanes) is 2. The molecule has 1 atom stereocenters. The number of carboxylic acids is 1. The van der Waals surface area contributed by atoms with Crippen LogP contribution in [0, 0.1) is 0 Å². The number of hydrogen-bond acceptors (Lipinski definition) is 5. The van der Waals surface area contributed by atoms with Gasteiger partial charge in [-0.05, 0) is 53.6 Å². The first-order valence-corrected chi connectivity index (χ1v) is 13.5. The maximum atomic E-state index is 13.1. The average Bonchev–Trinajstić information content (AvgIpc) is 2.82. The highest BCUT2D eigenvalue weighted by Gasteiger charge is 2.31. The molecule has 0 aliphatic carbocycles. The van der Waals surface area contributed by atoms with Gasteiger partial charge in [0.25, 0.3) is 0 Å². The van der Waals surface area contributed by atoms with Crippen LogP contribution in [0.1, 0.15) is 54.0 Å². The lowest BCUT2D eigenvalue weighted by molar-refractivity contribution is -0.137. The Hall–Kier alpha value is -3.50. The van der Waals surface area contributed by atoms with E-state index in [1.165, 1.54) is 6.07 Å². The quantitative estimate of drug-likeness (QED) is 0.320. The molecule has 0 saturated heterocycles. The second-order valence-electron chi connectivity index (χ2n) is 8.93. The summed E-state index contributed by atoms with van der Waals surface area (Å²) in [7, 11) is -3.79. The first-order valence-electron chi connectivity index (χ1n) is 11.8. The predicted octanol–water partition coefficient (Wildman–Crippen LogP) is 5.41. The number of aliphatic carboxylic acids is 1. The minimum atomic E-state index is -3.79. The van der Waals surface area contributed by atoms with Crippen molar-refractivity contribution in [2.75, 3.05) is 0 Å². The molecule has 196 valence electrons. The molecule has 37 heavy (non-hydrogen) atoms. The molecule has 1 unspecified atom stereocenters. The molecule has 1 aliphatic rings. The van der Waals surface area contributed by atoms with Crippen LogP contribution in [0.4, 0.5) is 8.78 Å². The average molecular weight is 532 g/mol. The van der Waals surface area contributed by atoms with Crippen molar-refractivity contribution in [1.82, 2.24) is 0 Å². The Labute approximate surface area is 213 Å². The summed E-state index contributed by atoms with van der Waals surface area (Å²) in [5, 5.41) is 14.0. The molecule has 3 aromatic rings. The number of carboxylic acid groups (broad SMARTS) is 1. The molecule has 0 bridgehead atoms. The number of rotatable bonds is 11. The number of aryl methyl sites for hydroxylation is 1. The number of primary sulfonamides is 1. The number of fused-ring (bicyclic) bond motifs is 3. The van der Waals surface area contributed by atoms with Crippen molar-refractivity contribution < 1.29 is 36.6 Å². The third-order valence-electron chi connectivity index (χ3n) is 6.12. The maximum Gasteiger partial charge on any atom is 0.387 e. The van der Waals surface area contributed by atoms with Gasteiger partial charge in [0.2, 0.25) is 10.0 Å². The van der Waals surface area contributed by atoms with E-state index >= 15 is 0 Å². The molecular weight excluding hydrogens is 504 g/mol. The van der Waals surface area contributed by atoms with E-state index in [1.54, 1.807) is 30.3 Å². The van der Waals surface area contributed by atoms with E-state index in [-0.39, 0.29) is 17.9 Å². The van der Waals surface area contributed by atoms with Crippen molar-refractivity contribution in [3.8, 4) is 22.6 Å². The van der Waals surface area contributed by atoms with Gasteiger partial charge in [0, 0.05) is 12.0 Å². The first kappa shape index (κ1) is 26.6. The van der Waals surface area contributed by atoms with Crippen LogP contribution in [0.15, 0.2) is 60.7 Å². The highest BCUT2D eigenvalue weighted by atomic mass is 32.2. The lowest BCUT2D eigenvalue weighted by atomic mass is 9.87.